The Hall–Kier alpha value is -3.00. The van der Waals surface area contributed by atoms with E-state index in [0.717, 1.165) is 5.56 Å². The number of aryl methyl sites for hydroxylation is 1. The number of aromatic nitrogens is 1. The molecule has 2 aromatic carbocycles. The van der Waals surface area contributed by atoms with Crippen LogP contribution in [0.1, 0.15) is 17.0 Å². The Morgan fingerprint density at radius 3 is 2.93 bits per heavy atom. The van der Waals surface area contributed by atoms with Gasteiger partial charge in [0.05, 0.1) is 23.4 Å². The van der Waals surface area contributed by atoms with Gasteiger partial charge in [0.1, 0.15) is 22.1 Å². The minimum absolute atomic E-state index is 0.118. The van der Waals surface area contributed by atoms with Crippen molar-refractivity contribution in [1.82, 2.24) is 4.98 Å². The number of carboxylic acid groups (broad SMARTS) is 1. The lowest BCUT2D eigenvalue weighted by Crippen LogP contribution is -2.46. The fourth-order valence-electron chi connectivity index (χ4n) is 3.05. The van der Waals surface area contributed by atoms with E-state index in [1.165, 1.54) is 22.3 Å². The molecule has 8 heteroatoms. The van der Waals surface area contributed by atoms with Crippen LogP contribution in [-0.2, 0) is 16.1 Å². The number of carboxylic acids is 1. The number of thiazole rings is 1. The average molecular weight is 386 g/mol. The Bertz CT molecular complexity index is 1070. The van der Waals surface area contributed by atoms with E-state index < -0.39 is 30.2 Å². The monoisotopic (exact) mass is 386 g/mol. The highest BCUT2D eigenvalue weighted by molar-refractivity contribution is 7.18. The van der Waals surface area contributed by atoms with Crippen molar-refractivity contribution in [3.8, 4) is 5.75 Å². The molecule has 1 atom stereocenters. The molecule has 1 aromatic heterocycles. The molecule has 4 rings (SSSR count). The molecule has 1 unspecified atom stereocenters. The third-order valence-electron chi connectivity index (χ3n) is 4.28. The van der Waals surface area contributed by atoms with Crippen LogP contribution >= 0.6 is 11.3 Å². The van der Waals surface area contributed by atoms with Crippen molar-refractivity contribution in [2.45, 2.75) is 26.0 Å². The van der Waals surface area contributed by atoms with E-state index in [0.29, 0.717) is 21.1 Å². The number of hydrogen-bond donors (Lipinski definition) is 1. The van der Waals surface area contributed by atoms with E-state index in [-0.39, 0.29) is 12.1 Å². The van der Waals surface area contributed by atoms with Crippen molar-refractivity contribution < 1.29 is 23.8 Å². The summed E-state index contributed by atoms with van der Waals surface area (Å²) in [6.45, 7) is 2.00. The molecule has 6 nitrogen and oxygen atoms in total. The van der Waals surface area contributed by atoms with Crippen LogP contribution in [0.5, 0.6) is 5.75 Å². The van der Waals surface area contributed by atoms with Crippen LogP contribution in [-0.4, -0.2) is 28.1 Å². The van der Waals surface area contributed by atoms with Gasteiger partial charge in [-0.1, -0.05) is 12.1 Å². The van der Waals surface area contributed by atoms with Crippen LogP contribution in [0.4, 0.5) is 10.1 Å². The maximum Gasteiger partial charge on any atom is 0.307 e. The molecule has 1 N–H and O–H groups in total. The van der Waals surface area contributed by atoms with Gasteiger partial charge in [0, 0.05) is 0 Å². The molecule has 0 aliphatic carbocycles. The largest absolute Gasteiger partial charge is 0.481 e. The number of anilines is 1. The van der Waals surface area contributed by atoms with Crippen molar-refractivity contribution in [3.63, 3.8) is 0 Å². The smallest absolute Gasteiger partial charge is 0.307 e. The molecule has 0 radical (unpaired) electrons. The SMILES string of the molecule is Cc1ccc2c(c1)OC(CC(=O)O)C(=O)N2Cc1nc2c(F)cccc2s1. The molecule has 2 heterocycles. The highest BCUT2D eigenvalue weighted by Gasteiger charge is 2.36. The van der Waals surface area contributed by atoms with Gasteiger partial charge in [-0.15, -0.1) is 11.3 Å². The predicted molar refractivity (Wildman–Crippen MR) is 98.6 cm³/mol. The highest BCUT2D eigenvalue weighted by atomic mass is 32.1. The Labute approximate surface area is 157 Å². The van der Waals surface area contributed by atoms with Crippen LogP contribution in [0.2, 0.25) is 0 Å². The summed E-state index contributed by atoms with van der Waals surface area (Å²) in [4.78, 5) is 29.7. The zero-order valence-corrected chi connectivity index (χ0v) is 15.1. The number of para-hydroxylation sites is 1. The van der Waals surface area contributed by atoms with E-state index in [1.807, 2.05) is 13.0 Å². The molecule has 3 aromatic rings. The molecule has 0 fully saturated rings. The first kappa shape index (κ1) is 17.4. The summed E-state index contributed by atoms with van der Waals surface area (Å²) in [6.07, 6.45) is -1.54. The third-order valence-corrected chi connectivity index (χ3v) is 5.29. The number of carbonyl (C=O) groups is 2. The summed E-state index contributed by atoms with van der Waals surface area (Å²) in [5, 5.41) is 9.65. The Balaban J connectivity index is 1.73. The van der Waals surface area contributed by atoms with Crippen LogP contribution in [0.25, 0.3) is 10.2 Å². The van der Waals surface area contributed by atoms with Crippen molar-refractivity contribution in [2.75, 3.05) is 4.90 Å². The summed E-state index contributed by atoms with van der Waals surface area (Å²) < 4.78 is 20.2. The maximum atomic E-state index is 13.9. The first-order chi connectivity index (χ1) is 12.9. The predicted octanol–water partition coefficient (Wildman–Crippen LogP) is 3.51. The van der Waals surface area contributed by atoms with Gasteiger partial charge in [-0.2, -0.15) is 0 Å². The number of fused-ring (bicyclic) bond motifs is 2. The lowest BCUT2D eigenvalue weighted by molar-refractivity contribution is -0.142. The van der Waals surface area contributed by atoms with Gasteiger partial charge in [0.25, 0.3) is 5.91 Å². The van der Waals surface area contributed by atoms with Crippen LogP contribution in [0, 0.1) is 12.7 Å². The molecule has 0 saturated heterocycles. The second-order valence-electron chi connectivity index (χ2n) is 6.29. The summed E-state index contributed by atoms with van der Waals surface area (Å²) in [5.41, 5.74) is 1.75. The number of halogens is 1. The normalized spacial score (nSPS) is 16.3. The van der Waals surface area contributed by atoms with Crippen LogP contribution in [0.3, 0.4) is 0 Å². The number of aliphatic carboxylic acids is 1. The quantitative estimate of drug-likeness (QED) is 0.742. The summed E-state index contributed by atoms with van der Waals surface area (Å²) in [5.74, 6) is -1.53. The van der Waals surface area contributed by atoms with E-state index in [1.54, 1.807) is 24.3 Å². The number of hydrogen-bond acceptors (Lipinski definition) is 5. The van der Waals surface area contributed by atoms with Crippen LogP contribution in [0.15, 0.2) is 36.4 Å². The Morgan fingerprint density at radius 1 is 1.37 bits per heavy atom. The molecule has 1 aliphatic rings. The van der Waals surface area contributed by atoms with Gasteiger partial charge < -0.3 is 9.84 Å². The first-order valence-corrected chi connectivity index (χ1v) is 9.08. The fraction of sp³-hybridized carbons (Fsp3) is 0.211. The first-order valence-electron chi connectivity index (χ1n) is 8.27. The van der Waals surface area contributed by atoms with Crippen LogP contribution < -0.4 is 9.64 Å². The van der Waals surface area contributed by atoms with E-state index in [4.69, 9.17) is 9.84 Å². The van der Waals surface area contributed by atoms with Crippen molar-refractivity contribution in [3.05, 3.63) is 52.8 Å². The average Bonchev–Trinajstić information content (AvgIpc) is 3.02. The fourth-order valence-corrected chi connectivity index (χ4v) is 4.02. The van der Waals surface area contributed by atoms with Gasteiger partial charge in [-0.3, -0.25) is 14.5 Å². The highest BCUT2D eigenvalue weighted by Crippen LogP contribution is 2.37. The van der Waals surface area contributed by atoms with E-state index in [9.17, 15) is 14.0 Å². The molecule has 1 amide bonds. The lowest BCUT2D eigenvalue weighted by atomic mass is 10.1. The third kappa shape index (κ3) is 3.23. The number of nitrogens with zero attached hydrogens (tertiary/aromatic N) is 2. The Kier molecular flexibility index (Phi) is 4.27. The van der Waals surface area contributed by atoms with Crippen molar-refractivity contribution in [1.29, 1.82) is 0 Å². The lowest BCUT2D eigenvalue weighted by Gasteiger charge is -2.33. The molecule has 0 spiro atoms. The number of rotatable bonds is 4. The zero-order valence-electron chi connectivity index (χ0n) is 14.3. The topological polar surface area (TPSA) is 79.7 Å². The van der Waals surface area contributed by atoms with Crippen molar-refractivity contribution in [2.24, 2.45) is 0 Å². The second-order valence-corrected chi connectivity index (χ2v) is 7.41. The van der Waals surface area contributed by atoms with Gasteiger partial charge in [0.2, 0.25) is 0 Å². The standard InChI is InChI=1S/C19H15FN2O4S/c1-10-5-6-12-13(7-10)26-14(8-17(23)24)19(25)22(12)9-16-21-18-11(20)3-2-4-15(18)27-16/h2-7,14H,8-9H2,1H3,(H,23,24). The molecule has 0 bridgehead atoms. The molecular formula is C19H15FN2O4S. The van der Waals surface area contributed by atoms with Gasteiger partial charge in [-0.05, 0) is 36.8 Å². The molecule has 27 heavy (non-hydrogen) atoms. The molecule has 1 aliphatic heterocycles. The van der Waals surface area contributed by atoms with E-state index in [2.05, 4.69) is 4.98 Å². The Morgan fingerprint density at radius 2 is 2.19 bits per heavy atom. The number of benzene rings is 2. The zero-order chi connectivity index (χ0) is 19.1. The summed E-state index contributed by atoms with van der Waals surface area (Å²) in [6, 6.07) is 10.1. The minimum atomic E-state index is -1.12. The van der Waals surface area contributed by atoms with Crippen molar-refractivity contribution >= 4 is 39.1 Å². The maximum absolute atomic E-state index is 13.9. The molecule has 138 valence electrons. The summed E-state index contributed by atoms with van der Waals surface area (Å²) >= 11 is 1.30. The summed E-state index contributed by atoms with van der Waals surface area (Å²) in [7, 11) is 0. The number of ether oxygens (including phenoxy) is 1. The molecule has 0 saturated carbocycles. The minimum Gasteiger partial charge on any atom is -0.481 e. The number of carbonyl (C=O) groups excluding carboxylic acids is 1. The van der Waals surface area contributed by atoms with Gasteiger partial charge in [-0.25, -0.2) is 9.37 Å². The van der Waals surface area contributed by atoms with E-state index >= 15 is 0 Å². The number of amides is 1. The van der Waals surface area contributed by atoms with Gasteiger partial charge >= 0.3 is 5.97 Å². The van der Waals surface area contributed by atoms with Gasteiger partial charge in [0.15, 0.2) is 6.10 Å². The second kappa shape index (κ2) is 6.62. The molecular weight excluding hydrogens is 371 g/mol.